The summed E-state index contributed by atoms with van der Waals surface area (Å²) in [6.45, 7) is 0. The van der Waals surface area contributed by atoms with Gasteiger partial charge in [-0.05, 0) is 12.1 Å². The Labute approximate surface area is 62.9 Å². The highest BCUT2D eigenvalue weighted by Gasteiger charge is 1.97. The summed E-state index contributed by atoms with van der Waals surface area (Å²) in [6, 6.07) is 6.90. The van der Waals surface area contributed by atoms with Crippen molar-refractivity contribution in [2.45, 2.75) is 4.90 Å². The van der Waals surface area contributed by atoms with E-state index in [2.05, 4.69) is 0 Å². The zero-order chi connectivity index (χ0) is 7.40. The molecule has 0 saturated carbocycles. The molecule has 54 valence electrons. The lowest BCUT2D eigenvalue weighted by Crippen LogP contribution is -1.89. The predicted molar refractivity (Wildman–Crippen MR) is 40.3 cm³/mol. The molecule has 0 fully saturated rings. The van der Waals surface area contributed by atoms with Crippen LogP contribution in [0.3, 0.4) is 0 Å². The van der Waals surface area contributed by atoms with Crippen molar-refractivity contribution in [3.05, 3.63) is 24.3 Å². The maximum absolute atomic E-state index is 8.62. The Morgan fingerprint density at radius 2 is 2.00 bits per heavy atom. The molecule has 0 aromatic heterocycles. The summed E-state index contributed by atoms with van der Waals surface area (Å²) in [6.07, 6.45) is 0. The number of nitrogens with one attached hydrogen (secondary N) is 1. The topological polar surface area (TPSA) is 52.5 Å². The van der Waals surface area contributed by atoms with Crippen LogP contribution in [0.15, 0.2) is 29.2 Å². The molecule has 0 heterocycles. The zero-order valence-electron chi connectivity index (χ0n) is 5.11. The van der Waals surface area contributed by atoms with Gasteiger partial charge in [0, 0.05) is 12.0 Å². The summed E-state index contributed by atoms with van der Waals surface area (Å²) in [5, 5.41) is 8.48. The van der Waals surface area contributed by atoms with Gasteiger partial charge in [0.2, 0.25) is 0 Å². The molecule has 3 nitrogen and oxygen atoms in total. The molecule has 4 heteroatoms. The third-order valence-electron chi connectivity index (χ3n) is 1.11. The van der Waals surface area contributed by atoms with Crippen molar-refractivity contribution in [2.24, 2.45) is 0 Å². The molecule has 0 aliphatic rings. The third-order valence-corrected chi connectivity index (χ3v) is 1.66. The van der Waals surface area contributed by atoms with Crippen LogP contribution in [0.2, 0.25) is 0 Å². The van der Waals surface area contributed by atoms with Crippen LogP contribution < -0.4 is 5.48 Å². The Morgan fingerprint density at radius 3 is 2.50 bits per heavy atom. The number of benzene rings is 1. The summed E-state index contributed by atoms with van der Waals surface area (Å²) in [5.41, 5.74) is 2.47. The van der Waals surface area contributed by atoms with Gasteiger partial charge in [-0.15, -0.1) is 0 Å². The summed E-state index contributed by atoms with van der Waals surface area (Å²) in [5.74, 6) is 0. The number of anilines is 1. The second-order valence-electron chi connectivity index (χ2n) is 1.70. The molecule has 10 heavy (non-hydrogen) atoms. The van der Waals surface area contributed by atoms with Crippen molar-refractivity contribution in [3.63, 3.8) is 0 Å². The van der Waals surface area contributed by atoms with Crippen molar-refractivity contribution in [1.29, 1.82) is 0 Å². The van der Waals surface area contributed by atoms with Crippen LogP contribution in [0.4, 0.5) is 5.69 Å². The normalized spacial score (nSPS) is 9.40. The fourth-order valence-corrected chi connectivity index (χ4v) is 0.990. The second kappa shape index (κ2) is 3.46. The molecular formula is C6H7NO2S. The summed E-state index contributed by atoms with van der Waals surface area (Å²) in [7, 11) is 0. The van der Waals surface area contributed by atoms with Crippen LogP contribution in [-0.2, 0) is 0 Å². The fraction of sp³-hybridized carbons (Fsp3) is 0. The van der Waals surface area contributed by atoms with Crippen molar-refractivity contribution < 1.29 is 9.76 Å². The molecular weight excluding hydrogens is 150 g/mol. The van der Waals surface area contributed by atoms with Gasteiger partial charge < -0.3 is 4.55 Å². The van der Waals surface area contributed by atoms with Gasteiger partial charge in [0.15, 0.2) is 0 Å². The van der Waals surface area contributed by atoms with Crippen LogP contribution in [0, 0.1) is 0 Å². The summed E-state index contributed by atoms with van der Waals surface area (Å²) < 4.78 is 8.62. The van der Waals surface area contributed by atoms with E-state index in [-0.39, 0.29) is 0 Å². The zero-order valence-corrected chi connectivity index (χ0v) is 5.93. The molecule has 1 rings (SSSR count). The Morgan fingerprint density at radius 1 is 1.30 bits per heavy atom. The Kier molecular flexibility index (Phi) is 2.56. The van der Waals surface area contributed by atoms with Crippen LogP contribution in [0.1, 0.15) is 0 Å². The highest BCUT2D eigenvalue weighted by molar-refractivity contribution is 7.94. The van der Waals surface area contributed by atoms with Crippen molar-refractivity contribution in [2.75, 3.05) is 5.48 Å². The van der Waals surface area contributed by atoms with E-state index in [1.54, 1.807) is 24.3 Å². The van der Waals surface area contributed by atoms with Crippen LogP contribution in [0.25, 0.3) is 0 Å². The lowest BCUT2D eigenvalue weighted by molar-refractivity contribution is 0.387. The largest absolute Gasteiger partial charge is 0.325 e. The molecule has 0 spiro atoms. The predicted octanol–water partition coefficient (Wildman–Crippen LogP) is 2.05. The van der Waals surface area contributed by atoms with Gasteiger partial charge in [-0.3, -0.25) is 10.7 Å². The van der Waals surface area contributed by atoms with E-state index in [9.17, 15) is 0 Å². The Balaban J connectivity index is 2.96. The maximum Gasteiger partial charge on any atom is 0.0760 e. The van der Waals surface area contributed by atoms with Crippen molar-refractivity contribution >= 4 is 17.7 Å². The molecule has 0 atom stereocenters. The fourth-order valence-electron chi connectivity index (χ4n) is 0.639. The highest BCUT2D eigenvalue weighted by atomic mass is 32.2. The van der Waals surface area contributed by atoms with E-state index < -0.39 is 0 Å². The average molecular weight is 157 g/mol. The van der Waals surface area contributed by atoms with E-state index in [1.165, 1.54) is 0 Å². The summed E-state index contributed by atoms with van der Waals surface area (Å²) in [4.78, 5) is 0.602. The maximum atomic E-state index is 8.62. The first-order chi connectivity index (χ1) is 4.88. The third kappa shape index (κ3) is 1.41. The second-order valence-corrected chi connectivity index (χ2v) is 2.32. The minimum absolute atomic E-state index is 0.509. The van der Waals surface area contributed by atoms with Gasteiger partial charge >= 0.3 is 0 Å². The standard InChI is InChI=1S/C6H7NO2S/c8-7-5-3-1-2-4-6(5)10-9/h1-4,7-9H. The van der Waals surface area contributed by atoms with Gasteiger partial charge in [0.05, 0.1) is 10.6 Å². The van der Waals surface area contributed by atoms with Gasteiger partial charge in [0.1, 0.15) is 0 Å². The van der Waals surface area contributed by atoms with Crippen LogP contribution in [0.5, 0.6) is 0 Å². The molecule has 0 bridgehead atoms. The van der Waals surface area contributed by atoms with E-state index in [0.717, 1.165) is 0 Å². The molecule has 0 aliphatic heterocycles. The first-order valence-electron chi connectivity index (χ1n) is 2.69. The Hall–Kier alpha value is -0.710. The van der Waals surface area contributed by atoms with E-state index in [1.807, 2.05) is 5.48 Å². The van der Waals surface area contributed by atoms with Crippen molar-refractivity contribution in [3.8, 4) is 0 Å². The molecule has 0 saturated heterocycles. The first-order valence-corrected chi connectivity index (χ1v) is 3.46. The molecule has 0 amide bonds. The summed E-state index contributed by atoms with van der Waals surface area (Å²) >= 11 is 0.597. The minimum atomic E-state index is 0.509. The average Bonchev–Trinajstić information content (AvgIpc) is 2.04. The molecule has 0 aliphatic carbocycles. The molecule has 0 unspecified atom stereocenters. The van der Waals surface area contributed by atoms with E-state index in [4.69, 9.17) is 9.76 Å². The number of hydrogen-bond acceptors (Lipinski definition) is 4. The van der Waals surface area contributed by atoms with Gasteiger partial charge in [-0.25, -0.2) is 0 Å². The monoisotopic (exact) mass is 157 g/mol. The Bertz CT molecular complexity index is 194. The SMILES string of the molecule is ONc1ccccc1SO. The number of hydrogen-bond donors (Lipinski definition) is 3. The lowest BCUT2D eigenvalue weighted by atomic mass is 10.3. The van der Waals surface area contributed by atoms with E-state index in [0.29, 0.717) is 22.6 Å². The quantitative estimate of drug-likeness (QED) is 0.454. The lowest BCUT2D eigenvalue weighted by Gasteiger charge is -2.01. The molecule has 1 aromatic carbocycles. The highest BCUT2D eigenvalue weighted by Crippen LogP contribution is 2.23. The van der Waals surface area contributed by atoms with E-state index >= 15 is 0 Å². The number of para-hydroxylation sites is 1. The van der Waals surface area contributed by atoms with Crippen LogP contribution in [-0.4, -0.2) is 9.76 Å². The van der Waals surface area contributed by atoms with Gasteiger partial charge in [0.25, 0.3) is 0 Å². The van der Waals surface area contributed by atoms with Crippen molar-refractivity contribution in [1.82, 2.24) is 0 Å². The first kappa shape index (κ1) is 7.40. The smallest absolute Gasteiger partial charge is 0.0760 e. The number of rotatable bonds is 2. The van der Waals surface area contributed by atoms with Gasteiger partial charge in [-0.2, -0.15) is 0 Å². The molecule has 0 radical (unpaired) electrons. The van der Waals surface area contributed by atoms with Crippen LogP contribution >= 0.6 is 12.0 Å². The molecule has 1 aromatic rings. The van der Waals surface area contributed by atoms with Gasteiger partial charge in [-0.1, -0.05) is 12.1 Å². The molecule has 3 N–H and O–H groups in total. The minimum Gasteiger partial charge on any atom is -0.325 e.